The molecule has 140 valence electrons. The van der Waals surface area contributed by atoms with E-state index in [-0.39, 0.29) is 24.4 Å². The first-order valence-corrected chi connectivity index (χ1v) is 8.83. The normalized spacial score (nSPS) is 17.9. The summed E-state index contributed by atoms with van der Waals surface area (Å²) in [5.41, 5.74) is 0.784. The molecule has 1 aliphatic rings. The van der Waals surface area contributed by atoms with E-state index in [1.165, 1.54) is 21.6 Å². The molecule has 0 fully saturated rings. The number of alkyl halides is 4. The fraction of sp³-hybridized carbons (Fsp3) is 0.263. The first kappa shape index (κ1) is 17.9. The number of halogens is 4. The molecule has 27 heavy (non-hydrogen) atoms. The summed E-state index contributed by atoms with van der Waals surface area (Å²) < 4.78 is 41.9. The van der Waals surface area contributed by atoms with Crippen molar-refractivity contribution in [3.63, 3.8) is 0 Å². The summed E-state index contributed by atoms with van der Waals surface area (Å²) in [6.45, 7) is 0.0759. The summed E-state index contributed by atoms with van der Waals surface area (Å²) in [6.07, 6.45) is -2.56. The molecule has 1 aromatic carbocycles. The SMILES string of the molecule is O=C1C(Cl)c2ccccc2CCN1Cc1c(C(F)(F)F)nc2ccccn12. The highest BCUT2D eigenvalue weighted by Crippen LogP contribution is 2.34. The molecule has 1 aliphatic heterocycles. The zero-order chi connectivity index (χ0) is 19.2. The summed E-state index contributed by atoms with van der Waals surface area (Å²) in [4.78, 5) is 17.9. The van der Waals surface area contributed by atoms with Crippen molar-refractivity contribution in [3.05, 3.63) is 71.2 Å². The molecular formula is C19H15ClF3N3O. The maximum atomic E-state index is 13.5. The Labute approximate surface area is 158 Å². The molecule has 1 amide bonds. The summed E-state index contributed by atoms with van der Waals surface area (Å²) in [5.74, 6) is -0.402. The van der Waals surface area contributed by atoms with Gasteiger partial charge in [-0.15, -0.1) is 11.6 Å². The van der Waals surface area contributed by atoms with Gasteiger partial charge in [0.2, 0.25) is 5.91 Å². The van der Waals surface area contributed by atoms with Gasteiger partial charge in [0.15, 0.2) is 5.69 Å². The van der Waals surface area contributed by atoms with Gasteiger partial charge in [-0.25, -0.2) is 4.98 Å². The lowest BCUT2D eigenvalue weighted by molar-refractivity contribution is -0.142. The number of nitrogens with zero attached hydrogens (tertiary/aromatic N) is 3. The van der Waals surface area contributed by atoms with Crippen molar-refractivity contribution in [3.8, 4) is 0 Å². The second kappa shape index (κ2) is 6.56. The summed E-state index contributed by atoms with van der Waals surface area (Å²) in [7, 11) is 0. The Balaban J connectivity index is 1.74. The zero-order valence-corrected chi connectivity index (χ0v) is 14.8. The maximum absolute atomic E-state index is 13.5. The fourth-order valence-electron chi connectivity index (χ4n) is 3.43. The first-order valence-electron chi connectivity index (χ1n) is 8.40. The van der Waals surface area contributed by atoms with Gasteiger partial charge in [0, 0.05) is 12.7 Å². The van der Waals surface area contributed by atoms with Crippen LogP contribution in [-0.4, -0.2) is 26.7 Å². The van der Waals surface area contributed by atoms with Crippen LogP contribution in [0.3, 0.4) is 0 Å². The summed E-state index contributed by atoms with van der Waals surface area (Å²) in [6, 6.07) is 12.1. The van der Waals surface area contributed by atoms with E-state index >= 15 is 0 Å². The molecule has 0 N–H and O–H groups in total. The molecule has 0 saturated heterocycles. The highest BCUT2D eigenvalue weighted by molar-refractivity contribution is 6.31. The molecule has 1 unspecified atom stereocenters. The van der Waals surface area contributed by atoms with E-state index in [4.69, 9.17) is 11.6 Å². The molecule has 0 aliphatic carbocycles. The smallest absolute Gasteiger partial charge is 0.335 e. The topological polar surface area (TPSA) is 37.6 Å². The molecular weight excluding hydrogens is 379 g/mol. The van der Waals surface area contributed by atoms with Crippen LogP contribution in [0.15, 0.2) is 48.7 Å². The van der Waals surface area contributed by atoms with E-state index < -0.39 is 23.2 Å². The van der Waals surface area contributed by atoms with Crippen molar-refractivity contribution >= 4 is 23.2 Å². The number of amides is 1. The predicted molar refractivity (Wildman–Crippen MR) is 94.4 cm³/mol. The summed E-state index contributed by atoms with van der Waals surface area (Å²) in [5, 5.41) is -0.919. The lowest BCUT2D eigenvalue weighted by atomic mass is 10.0. The van der Waals surface area contributed by atoms with E-state index in [2.05, 4.69) is 4.98 Å². The Hall–Kier alpha value is -2.54. The molecule has 0 radical (unpaired) electrons. The number of carbonyl (C=O) groups excluding carboxylic acids is 1. The van der Waals surface area contributed by atoms with Crippen LogP contribution in [0.1, 0.15) is 27.9 Å². The number of pyridine rings is 1. The minimum atomic E-state index is -4.61. The van der Waals surface area contributed by atoms with Crippen molar-refractivity contribution in [1.29, 1.82) is 0 Å². The number of benzene rings is 1. The molecule has 0 saturated carbocycles. The molecule has 4 nitrogen and oxygen atoms in total. The van der Waals surface area contributed by atoms with E-state index in [1.54, 1.807) is 24.3 Å². The van der Waals surface area contributed by atoms with Gasteiger partial charge in [0.25, 0.3) is 0 Å². The van der Waals surface area contributed by atoms with E-state index in [9.17, 15) is 18.0 Å². The molecule has 2 aromatic heterocycles. The molecule has 1 atom stereocenters. The largest absolute Gasteiger partial charge is 0.435 e. The van der Waals surface area contributed by atoms with Gasteiger partial charge in [0.05, 0.1) is 12.2 Å². The third kappa shape index (κ3) is 3.16. The zero-order valence-electron chi connectivity index (χ0n) is 14.1. The molecule has 0 spiro atoms. The Morgan fingerprint density at radius 1 is 1.15 bits per heavy atom. The van der Waals surface area contributed by atoms with E-state index in [0.29, 0.717) is 12.0 Å². The van der Waals surface area contributed by atoms with Crippen molar-refractivity contribution in [2.75, 3.05) is 6.54 Å². The molecule has 0 bridgehead atoms. The first-order chi connectivity index (χ1) is 12.9. The van der Waals surface area contributed by atoms with Gasteiger partial charge in [-0.3, -0.25) is 4.79 Å². The Morgan fingerprint density at radius 2 is 1.89 bits per heavy atom. The van der Waals surface area contributed by atoms with Crippen LogP contribution in [0.4, 0.5) is 13.2 Å². The Morgan fingerprint density at radius 3 is 2.67 bits per heavy atom. The number of hydrogen-bond acceptors (Lipinski definition) is 2. The van der Waals surface area contributed by atoms with Crippen LogP contribution in [0.2, 0.25) is 0 Å². The average Bonchev–Trinajstić information content (AvgIpc) is 2.98. The quantitative estimate of drug-likeness (QED) is 0.611. The van der Waals surface area contributed by atoms with Gasteiger partial charge < -0.3 is 9.30 Å². The Kier molecular flexibility index (Phi) is 4.34. The summed E-state index contributed by atoms with van der Waals surface area (Å²) >= 11 is 6.35. The highest BCUT2D eigenvalue weighted by atomic mass is 35.5. The van der Waals surface area contributed by atoms with Gasteiger partial charge in [-0.2, -0.15) is 13.2 Å². The van der Waals surface area contributed by atoms with Gasteiger partial charge in [0.1, 0.15) is 11.0 Å². The number of rotatable bonds is 2. The molecule has 3 heterocycles. The van der Waals surface area contributed by atoms with E-state index in [0.717, 1.165) is 5.56 Å². The molecule has 8 heteroatoms. The second-order valence-corrected chi connectivity index (χ2v) is 6.84. The van der Waals surface area contributed by atoms with Crippen molar-refractivity contribution < 1.29 is 18.0 Å². The third-order valence-corrected chi connectivity index (χ3v) is 5.17. The second-order valence-electron chi connectivity index (χ2n) is 6.40. The number of fused-ring (bicyclic) bond motifs is 2. The fourth-order valence-corrected chi connectivity index (χ4v) is 3.78. The van der Waals surface area contributed by atoms with Crippen molar-refractivity contribution in [2.45, 2.75) is 24.5 Å². The highest BCUT2D eigenvalue weighted by Gasteiger charge is 2.39. The average molecular weight is 394 g/mol. The lowest BCUT2D eigenvalue weighted by Gasteiger charge is -2.23. The lowest BCUT2D eigenvalue weighted by Crippen LogP contribution is -2.34. The third-order valence-electron chi connectivity index (χ3n) is 4.75. The van der Waals surface area contributed by atoms with Crippen molar-refractivity contribution in [2.24, 2.45) is 0 Å². The van der Waals surface area contributed by atoms with Crippen LogP contribution in [0.5, 0.6) is 0 Å². The van der Waals surface area contributed by atoms with Crippen LogP contribution >= 0.6 is 11.6 Å². The number of carbonyl (C=O) groups is 1. The minimum absolute atomic E-state index is 0.0683. The number of aromatic nitrogens is 2. The molecule has 4 rings (SSSR count). The Bertz CT molecular complexity index is 1010. The minimum Gasteiger partial charge on any atom is -0.335 e. The molecule has 3 aromatic rings. The maximum Gasteiger partial charge on any atom is 0.435 e. The van der Waals surface area contributed by atoms with Crippen molar-refractivity contribution in [1.82, 2.24) is 14.3 Å². The van der Waals surface area contributed by atoms with Crippen LogP contribution in [-0.2, 0) is 23.9 Å². The van der Waals surface area contributed by atoms with E-state index in [1.807, 2.05) is 12.1 Å². The van der Waals surface area contributed by atoms with Crippen LogP contribution in [0, 0.1) is 0 Å². The number of hydrogen-bond donors (Lipinski definition) is 0. The standard InChI is InChI=1S/C19H15ClF3N3O/c20-16-13-6-2-1-5-12(13)8-10-25(18(16)27)11-14-17(19(21,22)23)24-15-7-3-4-9-26(14)15/h1-7,9,16H,8,10-11H2. The van der Waals surface area contributed by atoms with Crippen LogP contribution < -0.4 is 0 Å². The van der Waals surface area contributed by atoms with Gasteiger partial charge in [-0.05, 0) is 29.7 Å². The monoisotopic (exact) mass is 393 g/mol. The van der Waals surface area contributed by atoms with Gasteiger partial charge >= 0.3 is 6.18 Å². The van der Waals surface area contributed by atoms with Crippen LogP contribution in [0.25, 0.3) is 5.65 Å². The predicted octanol–water partition coefficient (Wildman–Crippen LogP) is 4.22. The number of imidazole rings is 1. The van der Waals surface area contributed by atoms with Gasteiger partial charge in [-0.1, -0.05) is 30.3 Å².